The molecular formula is C12H15FN2O3S. The summed E-state index contributed by atoms with van der Waals surface area (Å²) in [6.07, 6.45) is -0.451. The standard InChI is InChI=1S/C12H15FN2O3S/c1-9(18-2)8-19(16,17)15-7-11-5-10(6-14)3-4-12(11)13/h3-5,9,15H,7-8H2,1-2H3/t9-/m0/s1. The van der Waals surface area contributed by atoms with Crippen molar-refractivity contribution in [2.75, 3.05) is 12.9 Å². The summed E-state index contributed by atoms with van der Waals surface area (Å²) < 4.78 is 43.9. The lowest BCUT2D eigenvalue weighted by Crippen LogP contribution is -2.31. The van der Waals surface area contributed by atoms with Crippen LogP contribution < -0.4 is 4.72 Å². The monoisotopic (exact) mass is 286 g/mol. The van der Waals surface area contributed by atoms with E-state index in [1.165, 1.54) is 19.2 Å². The first-order valence-corrected chi connectivity index (χ1v) is 7.22. The maximum atomic E-state index is 13.4. The highest BCUT2D eigenvalue weighted by atomic mass is 32.2. The van der Waals surface area contributed by atoms with Crippen molar-refractivity contribution in [2.45, 2.75) is 19.6 Å². The van der Waals surface area contributed by atoms with E-state index in [9.17, 15) is 12.8 Å². The van der Waals surface area contributed by atoms with Crippen LogP contribution in [0.1, 0.15) is 18.1 Å². The molecule has 0 aliphatic carbocycles. The number of halogens is 1. The van der Waals surface area contributed by atoms with E-state index in [1.807, 2.05) is 6.07 Å². The van der Waals surface area contributed by atoms with E-state index in [2.05, 4.69) is 4.72 Å². The van der Waals surface area contributed by atoms with Gasteiger partial charge in [0, 0.05) is 19.2 Å². The second-order valence-corrected chi connectivity index (χ2v) is 5.92. The van der Waals surface area contributed by atoms with Crippen LogP contribution in [-0.4, -0.2) is 27.4 Å². The lowest BCUT2D eigenvalue weighted by molar-refractivity contribution is 0.136. The number of nitrogens with one attached hydrogen (secondary N) is 1. The molecule has 1 aromatic rings. The number of ether oxygens (including phenoxy) is 1. The van der Waals surface area contributed by atoms with Crippen LogP contribution in [0.2, 0.25) is 0 Å². The zero-order valence-corrected chi connectivity index (χ0v) is 11.5. The van der Waals surface area contributed by atoms with E-state index < -0.39 is 21.9 Å². The summed E-state index contributed by atoms with van der Waals surface area (Å²) in [5, 5.41) is 8.70. The lowest BCUT2D eigenvalue weighted by atomic mass is 10.1. The van der Waals surface area contributed by atoms with Crippen LogP contribution in [0.25, 0.3) is 0 Å². The van der Waals surface area contributed by atoms with Gasteiger partial charge in [-0.25, -0.2) is 17.5 Å². The Labute approximate surface area is 112 Å². The maximum absolute atomic E-state index is 13.4. The third-order valence-electron chi connectivity index (χ3n) is 2.51. The highest BCUT2D eigenvalue weighted by Gasteiger charge is 2.15. The molecule has 19 heavy (non-hydrogen) atoms. The molecule has 0 radical (unpaired) electrons. The third-order valence-corrected chi connectivity index (χ3v) is 4.01. The van der Waals surface area contributed by atoms with E-state index in [0.717, 1.165) is 6.07 Å². The van der Waals surface area contributed by atoms with E-state index in [0.29, 0.717) is 0 Å². The SMILES string of the molecule is CO[C@@H](C)CS(=O)(=O)NCc1cc(C#N)ccc1F. The summed E-state index contributed by atoms with van der Waals surface area (Å²) in [4.78, 5) is 0. The number of nitriles is 1. The van der Waals surface area contributed by atoms with Gasteiger partial charge in [-0.2, -0.15) is 5.26 Å². The van der Waals surface area contributed by atoms with Gasteiger partial charge in [-0.05, 0) is 25.1 Å². The fraction of sp³-hybridized carbons (Fsp3) is 0.417. The Bertz CT molecular complexity index is 581. The van der Waals surface area contributed by atoms with Gasteiger partial charge < -0.3 is 4.74 Å². The van der Waals surface area contributed by atoms with E-state index in [4.69, 9.17) is 10.00 Å². The van der Waals surface area contributed by atoms with Crippen molar-refractivity contribution in [2.24, 2.45) is 0 Å². The summed E-state index contributed by atoms with van der Waals surface area (Å²) in [5.74, 6) is -0.759. The van der Waals surface area contributed by atoms with Crippen LogP contribution in [0.4, 0.5) is 4.39 Å². The van der Waals surface area contributed by atoms with Gasteiger partial charge >= 0.3 is 0 Å². The molecule has 1 atom stereocenters. The quantitative estimate of drug-likeness (QED) is 0.851. The smallest absolute Gasteiger partial charge is 0.214 e. The largest absolute Gasteiger partial charge is 0.381 e. The molecule has 104 valence electrons. The Balaban J connectivity index is 2.74. The van der Waals surface area contributed by atoms with Crippen molar-refractivity contribution >= 4 is 10.0 Å². The zero-order chi connectivity index (χ0) is 14.5. The predicted molar refractivity (Wildman–Crippen MR) is 68.2 cm³/mol. The molecule has 0 saturated heterocycles. The highest BCUT2D eigenvalue weighted by Crippen LogP contribution is 2.10. The number of sulfonamides is 1. The Morgan fingerprint density at radius 3 is 2.79 bits per heavy atom. The number of hydrogen-bond donors (Lipinski definition) is 1. The number of rotatable bonds is 6. The first-order valence-electron chi connectivity index (χ1n) is 5.56. The molecule has 0 unspecified atom stereocenters. The Morgan fingerprint density at radius 1 is 1.53 bits per heavy atom. The van der Waals surface area contributed by atoms with Crippen molar-refractivity contribution in [1.82, 2.24) is 4.72 Å². The molecule has 0 fully saturated rings. The third kappa shape index (κ3) is 4.95. The summed E-state index contributed by atoms with van der Waals surface area (Å²) >= 11 is 0. The van der Waals surface area contributed by atoms with Gasteiger partial charge in [0.1, 0.15) is 5.82 Å². The molecule has 1 N–H and O–H groups in total. The van der Waals surface area contributed by atoms with Gasteiger partial charge in [0.05, 0.1) is 23.5 Å². The van der Waals surface area contributed by atoms with Gasteiger partial charge in [0.25, 0.3) is 0 Å². The van der Waals surface area contributed by atoms with Crippen molar-refractivity contribution in [3.63, 3.8) is 0 Å². The Kier molecular flexibility index (Phi) is 5.42. The van der Waals surface area contributed by atoms with Crippen LogP contribution >= 0.6 is 0 Å². The highest BCUT2D eigenvalue weighted by molar-refractivity contribution is 7.89. The molecule has 0 aliphatic rings. The summed E-state index contributed by atoms with van der Waals surface area (Å²) in [6, 6.07) is 5.66. The molecule has 5 nitrogen and oxygen atoms in total. The molecule has 0 aromatic heterocycles. The average Bonchev–Trinajstić information content (AvgIpc) is 2.37. The van der Waals surface area contributed by atoms with Crippen molar-refractivity contribution in [1.29, 1.82) is 5.26 Å². The summed E-state index contributed by atoms with van der Waals surface area (Å²) in [5.41, 5.74) is 0.411. The van der Waals surface area contributed by atoms with Gasteiger partial charge in [-0.1, -0.05) is 0 Å². The van der Waals surface area contributed by atoms with Crippen LogP contribution in [-0.2, 0) is 21.3 Å². The van der Waals surface area contributed by atoms with E-state index in [-0.39, 0.29) is 23.4 Å². The zero-order valence-electron chi connectivity index (χ0n) is 10.7. The second kappa shape index (κ2) is 6.61. The molecule has 1 rings (SSSR count). The first-order chi connectivity index (χ1) is 8.88. The van der Waals surface area contributed by atoms with Crippen molar-refractivity contribution in [3.05, 3.63) is 35.1 Å². The molecule has 0 aliphatic heterocycles. The molecule has 0 heterocycles. The number of methoxy groups -OCH3 is 1. The summed E-state index contributed by atoms with van der Waals surface area (Å²) in [6.45, 7) is 1.43. The van der Waals surface area contributed by atoms with Crippen LogP contribution in [0, 0.1) is 17.1 Å². The second-order valence-electron chi connectivity index (χ2n) is 4.07. The molecule has 0 spiro atoms. The van der Waals surface area contributed by atoms with E-state index >= 15 is 0 Å². The number of benzene rings is 1. The molecule has 0 saturated carbocycles. The minimum Gasteiger partial charge on any atom is -0.381 e. The fourth-order valence-electron chi connectivity index (χ4n) is 1.40. The summed E-state index contributed by atoms with van der Waals surface area (Å²) in [7, 11) is -2.14. The predicted octanol–water partition coefficient (Wildman–Crippen LogP) is 1.15. The Morgan fingerprint density at radius 2 is 2.21 bits per heavy atom. The normalized spacial score (nSPS) is 12.9. The minimum atomic E-state index is -3.55. The number of hydrogen-bond acceptors (Lipinski definition) is 4. The Hall–Kier alpha value is -1.49. The van der Waals surface area contributed by atoms with Gasteiger partial charge in [-0.3, -0.25) is 0 Å². The van der Waals surface area contributed by atoms with E-state index in [1.54, 1.807) is 6.92 Å². The first kappa shape index (κ1) is 15.6. The van der Waals surface area contributed by atoms with Crippen molar-refractivity contribution in [3.8, 4) is 6.07 Å². The van der Waals surface area contributed by atoms with Crippen LogP contribution in [0.5, 0.6) is 0 Å². The molecular weight excluding hydrogens is 271 g/mol. The maximum Gasteiger partial charge on any atom is 0.214 e. The fourth-order valence-corrected chi connectivity index (χ4v) is 2.65. The number of nitrogens with zero attached hydrogens (tertiary/aromatic N) is 1. The minimum absolute atomic E-state index is 0.132. The van der Waals surface area contributed by atoms with Gasteiger partial charge in [-0.15, -0.1) is 0 Å². The molecule has 0 amide bonds. The lowest BCUT2D eigenvalue weighted by Gasteiger charge is -2.11. The molecule has 0 bridgehead atoms. The van der Waals surface area contributed by atoms with Crippen LogP contribution in [0.3, 0.4) is 0 Å². The van der Waals surface area contributed by atoms with Gasteiger partial charge in [0.15, 0.2) is 0 Å². The molecule has 1 aromatic carbocycles. The topological polar surface area (TPSA) is 79.2 Å². The van der Waals surface area contributed by atoms with Gasteiger partial charge in [0.2, 0.25) is 10.0 Å². The van der Waals surface area contributed by atoms with Crippen molar-refractivity contribution < 1.29 is 17.5 Å². The molecule has 7 heteroatoms. The average molecular weight is 286 g/mol. The van der Waals surface area contributed by atoms with Crippen LogP contribution in [0.15, 0.2) is 18.2 Å².